The molecule has 2 aromatic heterocycles. The van der Waals surface area contributed by atoms with Crippen LogP contribution in [0.5, 0.6) is 5.75 Å². The first-order valence-corrected chi connectivity index (χ1v) is 8.57. The highest BCUT2D eigenvalue weighted by molar-refractivity contribution is 5.85. The zero-order chi connectivity index (χ0) is 17.8. The molecule has 0 unspecified atom stereocenters. The van der Waals surface area contributed by atoms with Gasteiger partial charge in [-0.2, -0.15) is 9.97 Å². The highest BCUT2D eigenvalue weighted by atomic mass is 16.5. The summed E-state index contributed by atoms with van der Waals surface area (Å²) in [4.78, 5) is 17.7. The van der Waals surface area contributed by atoms with E-state index in [4.69, 9.17) is 9.47 Å². The third-order valence-electron chi connectivity index (χ3n) is 4.20. The molecule has 0 bridgehead atoms. The van der Waals surface area contributed by atoms with Crippen molar-refractivity contribution in [2.24, 2.45) is 0 Å². The molecule has 1 aliphatic rings. The van der Waals surface area contributed by atoms with Crippen LogP contribution in [-0.2, 0) is 4.74 Å². The van der Waals surface area contributed by atoms with Crippen molar-refractivity contribution in [3.05, 3.63) is 36.7 Å². The second-order valence-corrected chi connectivity index (χ2v) is 5.99. The average Bonchev–Trinajstić information content (AvgIpc) is 3.21. The molecule has 2 N–H and O–H groups in total. The van der Waals surface area contributed by atoms with E-state index in [9.17, 15) is 0 Å². The number of ether oxygens (including phenoxy) is 2. The molecule has 4 rings (SSSR count). The van der Waals surface area contributed by atoms with Crippen molar-refractivity contribution in [2.45, 2.75) is 18.9 Å². The lowest BCUT2D eigenvalue weighted by Gasteiger charge is -2.13. The Kier molecular flexibility index (Phi) is 4.74. The monoisotopic (exact) mass is 352 g/mol. The first kappa shape index (κ1) is 16.5. The number of nitrogens with zero attached hydrogens (tertiary/aromatic N) is 4. The molecule has 1 saturated heterocycles. The fourth-order valence-electron chi connectivity index (χ4n) is 2.85. The van der Waals surface area contributed by atoms with Crippen LogP contribution in [-0.4, -0.2) is 46.3 Å². The van der Waals surface area contributed by atoms with E-state index in [1.54, 1.807) is 19.5 Å². The Hall–Kier alpha value is -3.00. The summed E-state index contributed by atoms with van der Waals surface area (Å²) in [5, 5.41) is 6.53. The number of fused-ring (bicyclic) bond motifs is 1. The minimum absolute atomic E-state index is 0.203. The van der Waals surface area contributed by atoms with Crippen molar-refractivity contribution in [2.75, 3.05) is 30.9 Å². The van der Waals surface area contributed by atoms with E-state index in [1.807, 2.05) is 24.3 Å². The fourth-order valence-corrected chi connectivity index (χ4v) is 2.85. The van der Waals surface area contributed by atoms with Crippen molar-refractivity contribution in [1.29, 1.82) is 0 Å². The largest absolute Gasteiger partial charge is 0.497 e. The van der Waals surface area contributed by atoms with E-state index in [1.165, 1.54) is 0 Å². The maximum absolute atomic E-state index is 5.64. The van der Waals surface area contributed by atoms with Gasteiger partial charge >= 0.3 is 0 Å². The summed E-state index contributed by atoms with van der Waals surface area (Å²) < 4.78 is 10.8. The second-order valence-electron chi connectivity index (χ2n) is 5.99. The van der Waals surface area contributed by atoms with Crippen LogP contribution in [0.3, 0.4) is 0 Å². The molecule has 0 saturated carbocycles. The Bertz CT molecular complexity index is 880. The third-order valence-corrected chi connectivity index (χ3v) is 4.20. The molecule has 1 fully saturated rings. The molecular weight excluding hydrogens is 332 g/mol. The predicted octanol–water partition coefficient (Wildman–Crippen LogP) is 2.76. The molecule has 0 spiro atoms. The number of anilines is 3. The van der Waals surface area contributed by atoms with E-state index in [0.717, 1.165) is 30.9 Å². The Morgan fingerprint density at radius 2 is 2.00 bits per heavy atom. The Morgan fingerprint density at radius 1 is 1.15 bits per heavy atom. The third kappa shape index (κ3) is 3.65. The van der Waals surface area contributed by atoms with Gasteiger partial charge in [-0.1, -0.05) is 0 Å². The molecule has 3 heterocycles. The summed E-state index contributed by atoms with van der Waals surface area (Å²) in [5.41, 5.74) is 2.03. The van der Waals surface area contributed by atoms with E-state index < -0.39 is 0 Å². The number of benzene rings is 1. The van der Waals surface area contributed by atoms with Crippen molar-refractivity contribution >= 4 is 28.6 Å². The first-order chi connectivity index (χ1) is 12.8. The number of hydrogen-bond donors (Lipinski definition) is 2. The van der Waals surface area contributed by atoms with Crippen LogP contribution >= 0.6 is 0 Å². The molecule has 3 aromatic rings. The normalized spacial score (nSPS) is 16.6. The standard InChI is InChI=1S/C18H20N6O2/c1-25-13-6-4-12(5-7-13)22-17-15-16(20-9-8-19-15)23-18(24-17)21-11-14-3-2-10-26-14/h4-9,14H,2-3,10-11H2,1H3,(H2,20,21,22,23,24)/t14-/m0/s1. The molecule has 134 valence electrons. The maximum atomic E-state index is 5.64. The van der Waals surface area contributed by atoms with Crippen molar-refractivity contribution < 1.29 is 9.47 Å². The average molecular weight is 352 g/mol. The van der Waals surface area contributed by atoms with Crippen LogP contribution in [0, 0.1) is 0 Å². The number of methoxy groups -OCH3 is 1. The van der Waals surface area contributed by atoms with Gasteiger partial charge in [-0.25, -0.2) is 9.97 Å². The molecular formula is C18H20N6O2. The van der Waals surface area contributed by atoms with Crippen LogP contribution in [0.2, 0.25) is 0 Å². The molecule has 0 radical (unpaired) electrons. The van der Waals surface area contributed by atoms with Gasteiger partial charge in [0.15, 0.2) is 17.0 Å². The van der Waals surface area contributed by atoms with E-state index >= 15 is 0 Å². The highest BCUT2D eigenvalue weighted by Gasteiger charge is 2.16. The number of hydrogen-bond acceptors (Lipinski definition) is 8. The van der Waals surface area contributed by atoms with Crippen LogP contribution in [0.1, 0.15) is 12.8 Å². The molecule has 1 aliphatic heterocycles. The van der Waals surface area contributed by atoms with Crippen LogP contribution in [0.4, 0.5) is 17.5 Å². The Balaban J connectivity index is 1.60. The number of aromatic nitrogens is 4. The lowest BCUT2D eigenvalue weighted by atomic mass is 10.2. The van der Waals surface area contributed by atoms with Crippen LogP contribution < -0.4 is 15.4 Å². The first-order valence-electron chi connectivity index (χ1n) is 8.57. The number of nitrogens with one attached hydrogen (secondary N) is 2. The van der Waals surface area contributed by atoms with Gasteiger partial charge in [-0.05, 0) is 37.1 Å². The molecule has 8 nitrogen and oxygen atoms in total. The summed E-state index contributed by atoms with van der Waals surface area (Å²) in [6, 6.07) is 7.60. The van der Waals surface area contributed by atoms with Gasteiger partial charge in [-0.3, -0.25) is 0 Å². The topological polar surface area (TPSA) is 94.1 Å². The lowest BCUT2D eigenvalue weighted by molar-refractivity contribution is 0.120. The van der Waals surface area contributed by atoms with Crippen LogP contribution in [0.25, 0.3) is 11.2 Å². The maximum Gasteiger partial charge on any atom is 0.226 e. The Labute approximate surface area is 151 Å². The second kappa shape index (κ2) is 7.49. The zero-order valence-corrected chi connectivity index (χ0v) is 14.5. The lowest BCUT2D eigenvalue weighted by Crippen LogP contribution is -2.20. The quantitative estimate of drug-likeness (QED) is 0.699. The van der Waals surface area contributed by atoms with Crippen molar-refractivity contribution in [1.82, 2.24) is 19.9 Å². The molecule has 1 aromatic carbocycles. The van der Waals surface area contributed by atoms with E-state index in [0.29, 0.717) is 29.5 Å². The SMILES string of the molecule is COc1ccc(Nc2nc(NC[C@@H]3CCCO3)nc3nccnc23)cc1. The fraction of sp³-hybridized carbons (Fsp3) is 0.333. The summed E-state index contributed by atoms with van der Waals surface area (Å²) in [5.74, 6) is 1.90. The van der Waals surface area contributed by atoms with Crippen molar-refractivity contribution in [3.63, 3.8) is 0 Å². The molecule has 0 aliphatic carbocycles. The summed E-state index contributed by atoms with van der Waals surface area (Å²) in [7, 11) is 1.64. The van der Waals surface area contributed by atoms with Gasteiger partial charge in [0.25, 0.3) is 0 Å². The summed E-state index contributed by atoms with van der Waals surface area (Å²) in [6.07, 6.45) is 5.60. The summed E-state index contributed by atoms with van der Waals surface area (Å²) in [6.45, 7) is 1.49. The molecule has 1 atom stereocenters. The van der Waals surface area contributed by atoms with E-state index in [2.05, 4.69) is 30.6 Å². The number of rotatable bonds is 6. The highest BCUT2D eigenvalue weighted by Crippen LogP contribution is 2.24. The van der Waals surface area contributed by atoms with Gasteiger partial charge in [0.1, 0.15) is 5.75 Å². The van der Waals surface area contributed by atoms with Gasteiger partial charge in [0, 0.05) is 31.2 Å². The summed E-state index contributed by atoms with van der Waals surface area (Å²) >= 11 is 0. The zero-order valence-electron chi connectivity index (χ0n) is 14.5. The van der Waals surface area contributed by atoms with E-state index in [-0.39, 0.29) is 6.10 Å². The molecule has 0 amide bonds. The van der Waals surface area contributed by atoms with Crippen LogP contribution in [0.15, 0.2) is 36.7 Å². The Morgan fingerprint density at radius 3 is 2.77 bits per heavy atom. The van der Waals surface area contributed by atoms with Gasteiger partial charge in [0.05, 0.1) is 13.2 Å². The minimum Gasteiger partial charge on any atom is -0.497 e. The smallest absolute Gasteiger partial charge is 0.226 e. The van der Waals surface area contributed by atoms with Gasteiger partial charge in [0.2, 0.25) is 5.95 Å². The van der Waals surface area contributed by atoms with Crippen molar-refractivity contribution in [3.8, 4) is 5.75 Å². The molecule has 8 heteroatoms. The minimum atomic E-state index is 0.203. The van der Waals surface area contributed by atoms with Gasteiger partial charge < -0.3 is 20.1 Å². The molecule has 26 heavy (non-hydrogen) atoms. The predicted molar refractivity (Wildman–Crippen MR) is 98.9 cm³/mol. The van der Waals surface area contributed by atoms with Gasteiger partial charge in [-0.15, -0.1) is 0 Å².